The maximum absolute atomic E-state index is 11.0. The molecule has 0 heterocycles. The average Bonchev–Trinajstić information content (AvgIpc) is 2.12. The standard InChI is InChI=1S/C10H19NO3/c1-3-14-8-6-10(11,9(12)13)5-4-7(8)2/h7-8H,3-6,11H2,1-2H3,(H,12,13). The predicted molar refractivity (Wildman–Crippen MR) is 53.0 cm³/mol. The number of rotatable bonds is 3. The van der Waals surface area contributed by atoms with Crippen LogP contribution in [0.3, 0.4) is 0 Å². The molecule has 4 nitrogen and oxygen atoms in total. The molecule has 0 bridgehead atoms. The Balaban J connectivity index is 2.65. The van der Waals surface area contributed by atoms with E-state index in [2.05, 4.69) is 6.92 Å². The van der Waals surface area contributed by atoms with Gasteiger partial charge in [0, 0.05) is 13.0 Å². The van der Waals surface area contributed by atoms with E-state index in [4.69, 9.17) is 15.6 Å². The molecule has 4 heteroatoms. The molecule has 1 fully saturated rings. The Labute approximate surface area is 84.4 Å². The summed E-state index contributed by atoms with van der Waals surface area (Å²) in [4.78, 5) is 11.0. The molecule has 82 valence electrons. The molecule has 3 atom stereocenters. The third kappa shape index (κ3) is 2.25. The molecule has 0 saturated heterocycles. The van der Waals surface area contributed by atoms with Gasteiger partial charge in [-0.1, -0.05) is 6.92 Å². The number of hydrogen-bond acceptors (Lipinski definition) is 3. The van der Waals surface area contributed by atoms with Crippen molar-refractivity contribution >= 4 is 5.97 Å². The lowest BCUT2D eigenvalue weighted by molar-refractivity contribution is -0.148. The van der Waals surface area contributed by atoms with Gasteiger partial charge in [-0.2, -0.15) is 0 Å². The van der Waals surface area contributed by atoms with Gasteiger partial charge in [0.1, 0.15) is 5.54 Å². The number of carboxylic acid groups (broad SMARTS) is 1. The number of hydrogen-bond donors (Lipinski definition) is 2. The minimum atomic E-state index is -1.08. The van der Waals surface area contributed by atoms with Gasteiger partial charge in [-0.3, -0.25) is 4.79 Å². The smallest absolute Gasteiger partial charge is 0.323 e. The topological polar surface area (TPSA) is 72.5 Å². The second-order valence-corrected chi connectivity index (χ2v) is 4.18. The highest BCUT2D eigenvalue weighted by molar-refractivity contribution is 5.78. The fraction of sp³-hybridized carbons (Fsp3) is 0.900. The van der Waals surface area contributed by atoms with Crippen molar-refractivity contribution in [3.8, 4) is 0 Å². The van der Waals surface area contributed by atoms with E-state index < -0.39 is 11.5 Å². The predicted octanol–water partition coefficient (Wildman–Crippen LogP) is 0.994. The van der Waals surface area contributed by atoms with Crippen LogP contribution in [0.4, 0.5) is 0 Å². The summed E-state index contributed by atoms with van der Waals surface area (Å²) >= 11 is 0. The maximum atomic E-state index is 11.0. The van der Waals surface area contributed by atoms with Crippen LogP contribution in [0.15, 0.2) is 0 Å². The molecule has 0 amide bonds. The van der Waals surface area contributed by atoms with E-state index in [9.17, 15) is 4.79 Å². The summed E-state index contributed by atoms with van der Waals surface area (Å²) in [6.07, 6.45) is 1.80. The Morgan fingerprint density at radius 3 is 2.86 bits per heavy atom. The van der Waals surface area contributed by atoms with Crippen LogP contribution < -0.4 is 5.73 Å². The van der Waals surface area contributed by atoms with Gasteiger partial charge < -0.3 is 15.6 Å². The zero-order valence-corrected chi connectivity index (χ0v) is 8.82. The molecule has 0 aromatic carbocycles. The van der Waals surface area contributed by atoms with Crippen molar-refractivity contribution in [2.75, 3.05) is 6.61 Å². The molecular weight excluding hydrogens is 182 g/mol. The Morgan fingerprint density at radius 2 is 2.36 bits per heavy atom. The van der Waals surface area contributed by atoms with Crippen LogP contribution in [0.5, 0.6) is 0 Å². The third-order valence-electron chi connectivity index (χ3n) is 3.05. The SMILES string of the molecule is CCOC1CC(N)(C(=O)O)CCC1C. The van der Waals surface area contributed by atoms with Crippen molar-refractivity contribution in [2.24, 2.45) is 11.7 Å². The van der Waals surface area contributed by atoms with Gasteiger partial charge in [-0.15, -0.1) is 0 Å². The van der Waals surface area contributed by atoms with E-state index in [0.717, 1.165) is 6.42 Å². The van der Waals surface area contributed by atoms with Crippen molar-refractivity contribution in [3.05, 3.63) is 0 Å². The fourth-order valence-corrected chi connectivity index (χ4v) is 1.96. The van der Waals surface area contributed by atoms with Gasteiger partial charge in [0.05, 0.1) is 6.10 Å². The van der Waals surface area contributed by atoms with Crippen LogP contribution in [0.1, 0.15) is 33.1 Å². The van der Waals surface area contributed by atoms with Crippen molar-refractivity contribution in [1.82, 2.24) is 0 Å². The molecule has 1 aliphatic carbocycles. The quantitative estimate of drug-likeness (QED) is 0.714. The Bertz CT molecular complexity index is 219. The molecule has 0 aromatic heterocycles. The van der Waals surface area contributed by atoms with Crippen molar-refractivity contribution in [3.63, 3.8) is 0 Å². The first kappa shape index (κ1) is 11.5. The Morgan fingerprint density at radius 1 is 1.71 bits per heavy atom. The molecule has 3 unspecified atom stereocenters. The van der Waals surface area contributed by atoms with Crippen molar-refractivity contribution < 1.29 is 14.6 Å². The van der Waals surface area contributed by atoms with E-state index in [0.29, 0.717) is 25.4 Å². The summed E-state index contributed by atoms with van der Waals surface area (Å²) in [5.74, 6) is -0.500. The molecule has 1 rings (SSSR count). The molecule has 0 spiro atoms. The summed E-state index contributed by atoms with van der Waals surface area (Å²) in [6, 6.07) is 0. The minimum absolute atomic E-state index is 0.00477. The first-order valence-electron chi connectivity index (χ1n) is 5.13. The minimum Gasteiger partial charge on any atom is -0.480 e. The highest BCUT2D eigenvalue weighted by atomic mass is 16.5. The van der Waals surface area contributed by atoms with E-state index >= 15 is 0 Å². The largest absolute Gasteiger partial charge is 0.480 e. The lowest BCUT2D eigenvalue weighted by atomic mass is 9.76. The zero-order valence-electron chi connectivity index (χ0n) is 8.82. The summed E-state index contributed by atoms with van der Waals surface area (Å²) in [6.45, 7) is 4.62. The summed E-state index contributed by atoms with van der Waals surface area (Å²) < 4.78 is 5.50. The number of carboxylic acids is 1. The van der Waals surface area contributed by atoms with Crippen LogP contribution in [-0.4, -0.2) is 29.3 Å². The van der Waals surface area contributed by atoms with Gasteiger partial charge in [-0.25, -0.2) is 0 Å². The van der Waals surface area contributed by atoms with Crippen molar-refractivity contribution in [1.29, 1.82) is 0 Å². The van der Waals surface area contributed by atoms with E-state index in [1.165, 1.54) is 0 Å². The molecule has 1 saturated carbocycles. The monoisotopic (exact) mass is 201 g/mol. The first-order chi connectivity index (χ1) is 6.49. The Kier molecular flexibility index (Phi) is 3.50. The number of aliphatic carboxylic acids is 1. The summed E-state index contributed by atoms with van der Waals surface area (Å²) in [5, 5.41) is 8.99. The van der Waals surface area contributed by atoms with Gasteiger partial charge in [0.25, 0.3) is 0 Å². The van der Waals surface area contributed by atoms with Gasteiger partial charge >= 0.3 is 5.97 Å². The van der Waals surface area contributed by atoms with Crippen LogP contribution >= 0.6 is 0 Å². The highest BCUT2D eigenvalue weighted by Crippen LogP contribution is 2.32. The Hall–Kier alpha value is -0.610. The van der Waals surface area contributed by atoms with E-state index in [-0.39, 0.29) is 6.10 Å². The lowest BCUT2D eigenvalue weighted by Gasteiger charge is -2.38. The zero-order chi connectivity index (χ0) is 10.8. The summed E-state index contributed by atoms with van der Waals surface area (Å²) in [7, 11) is 0. The van der Waals surface area contributed by atoms with E-state index in [1.807, 2.05) is 6.92 Å². The molecule has 1 aliphatic rings. The van der Waals surface area contributed by atoms with E-state index in [1.54, 1.807) is 0 Å². The normalized spacial score (nSPS) is 38.2. The van der Waals surface area contributed by atoms with Gasteiger partial charge in [-0.05, 0) is 25.7 Å². The van der Waals surface area contributed by atoms with Crippen LogP contribution in [0, 0.1) is 5.92 Å². The first-order valence-corrected chi connectivity index (χ1v) is 5.13. The van der Waals surface area contributed by atoms with Gasteiger partial charge in [0.15, 0.2) is 0 Å². The molecule has 0 radical (unpaired) electrons. The number of nitrogens with two attached hydrogens (primary N) is 1. The maximum Gasteiger partial charge on any atom is 0.323 e. The summed E-state index contributed by atoms with van der Waals surface area (Å²) in [5.41, 5.74) is 4.73. The number of carbonyl (C=O) groups is 1. The lowest BCUT2D eigenvalue weighted by Crippen LogP contribution is -2.54. The second kappa shape index (κ2) is 4.28. The molecule has 14 heavy (non-hydrogen) atoms. The number of ether oxygens (including phenoxy) is 1. The molecule has 0 aliphatic heterocycles. The molecule has 0 aromatic rings. The second-order valence-electron chi connectivity index (χ2n) is 4.18. The third-order valence-corrected chi connectivity index (χ3v) is 3.05. The van der Waals surface area contributed by atoms with Crippen molar-refractivity contribution in [2.45, 2.75) is 44.8 Å². The average molecular weight is 201 g/mol. The van der Waals surface area contributed by atoms with Crippen LogP contribution in [-0.2, 0) is 9.53 Å². The fourth-order valence-electron chi connectivity index (χ4n) is 1.96. The van der Waals surface area contributed by atoms with Crippen LogP contribution in [0.25, 0.3) is 0 Å². The molecule has 3 N–H and O–H groups in total. The highest BCUT2D eigenvalue weighted by Gasteiger charge is 2.42. The van der Waals surface area contributed by atoms with Crippen LogP contribution in [0.2, 0.25) is 0 Å². The molecular formula is C10H19NO3. The van der Waals surface area contributed by atoms with Gasteiger partial charge in [0.2, 0.25) is 0 Å².